The molecule has 6 heteroatoms. The predicted octanol–water partition coefficient (Wildman–Crippen LogP) is 8.87. The molecule has 8 aromatic rings. The zero-order valence-corrected chi connectivity index (χ0v) is 30.8. The van der Waals surface area contributed by atoms with Crippen molar-refractivity contribution in [1.82, 2.24) is 9.55 Å². The first kappa shape index (κ1) is 34.3. The molecule has 5 nitrogen and oxygen atoms in total. The summed E-state index contributed by atoms with van der Waals surface area (Å²) in [5.74, 6) is 0.883. The Balaban J connectivity index is 0.000000275. The van der Waals surface area contributed by atoms with E-state index in [1.807, 2.05) is 65.1 Å². The maximum atomic E-state index is 3.88. The van der Waals surface area contributed by atoms with Crippen molar-refractivity contribution in [3.63, 3.8) is 0 Å². The van der Waals surface area contributed by atoms with Gasteiger partial charge in [-0.2, -0.15) is 48.0 Å². The number of para-hydroxylation sites is 3. The molecule has 0 saturated carbocycles. The van der Waals surface area contributed by atoms with Crippen LogP contribution in [0.15, 0.2) is 183 Å². The molecular formula is C46H33IrN5-2. The second-order valence-electron chi connectivity index (χ2n) is 12.0. The van der Waals surface area contributed by atoms with Crippen molar-refractivity contribution < 1.29 is 29.2 Å². The molecule has 52 heavy (non-hydrogen) atoms. The van der Waals surface area contributed by atoms with Gasteiger partial charge >= 0.3 is 0 Å². The van der Waals surface area contributed by atoms with Crippen LogP contribution < -0.4 is 14.0 Å². The van der Waals surface area contributed by atoms with Crippen LogP contribution in [0.3, 0.4) is 0 Å². The summed E-state index contributed by atoms with van der Waals surface area (Å²) in [6.07, 6.45) is 17.7. The van der Waals surface area contributed by atoms with Crippen molar-refractivity contribution in [2.45, 2.75) is 0 Å². The van der Waals surface area contributed by atoms with Crippen LogP contribution in [0.25, 0.3) is 44.9 Å². The predicted molar refractivity (Wildman–Crippen MR) is 201 cm³/mol. The Morgan fingerprint density at radius 1 is 0.596 bits per heavy atom. The Hall–Kier alpha value is -6.20. The summed E-state index contributed by atoms with van der Waals surface area (Å²) >= 11 is 0. The van der Waals surface area contributed by atoms with E-state index in [1.165, 1.54) is 0 Å². The minimum absolute atomic E-state index is 0. The number of imidazole rings is 1. The van der Waals surface area contributed by atoms with E-state index in [-0.39, 0.29) is 20.1 Å². The summed E-state index contributed by atoms with van der Waals surface area (Å²) in [4.78, 5) is 6.24. The summed E-state index contributed by atoms with van der Waals surface area (Å²) in [7, 11) is 1.99. The molecule has 0 N–H and O–H groups in total. The number of nitrogens with zero attached hydrogens (tertiary/aromatic N) is 5. The van der Waals surface area contributed by atoms with Crippen molar-refractivity contribution in [1.29, 1.82) is 0 Å². The Morgan fingerprint density at radius 2 is 1.23 bits per heavy atom. The fourth-order valence-corrected chi connectivity index (χ4v) is 6.38. The molecule has 0 bridgehead atoms. The van der Waals surface area contributed by atoms with Crippen LogP contribution in [-0.2, 0) is 27.2 Å². The third kappa shape index (κ3) is 7.03. The monoisotopic (exact) mass is 848 g/mol. The van der Waals surface area contributed by atoms with Crippen LogP contribution >= 0.6 is 0 Å². The van der Waals surface area contributed by atoms with Gasteiger partial charge in [-0.1, -0.05) is 120 Å². The zero-order valence-electron chi connectivity index (χ0n) is 28.4. The van der Waals surface area contributed by atoms with Gasteiger partial charge in [0.25, 0.3) is 6.33 Å². The molecule has 3 heterocycles. The number of rotatable bonds is 5. The number of anilines is 2. The van der Waals surface area contributed by atoms with Crippen molar-refractivity contribution in [3.8, 4) is 39.1 Å². The second-order valence-corrected chi connectivity index (χ2v) is 12.0. The summed E-state index contributed by atoms with van der Waals surface area (Å²) in [5, 5.41) is 0. The molecule has 0 fully saturated rings. The van der Waals surface area contributed by atoms with Gasteiger partial charge in [0, 0.05) is 55.5 Å². The Kier molecular flexibility index (Phi) is 10.4. The Bertz CT molecular complexity index is 2330. The molecule has 0 aliphatic carbocycles. The number of aryl methyl sites for hydroxylation is 1. The van der Waals surface area contributed by atoms with Crippen LogP contribution in [-0.4, -0.2) is 9.55 Å². The molecule has 0 unspecified atom stereocenters. The minimum Gasteiger partial charge on any atom is -0.341 e. The van der Waals surface area contributed by atoms with Gasteiger partial charge in [0.05, 0.1) is 24.8 Å². The summed E-state index contributed by atoms with van der Waals surface area (Å²) < 4.78 is 5.77. The molecule has 0 amide bonds. The number of fused-ring (bicyclic) bond motifs is 3. The standard InChI is InChI=1S/C36H26N3.C10H7N2.Ir/c1-37-23-24-38(26-37)35-25-29-17-8-9-18-30(29)33-19-10-11-22-34(33)39(35)36-31(27-13-4-2-5-14-27)20-12-21-32(36)28-15-6-3-7-16-28;1-2-5-10(6-3-1)12-8-4-7-11-9-12;/h2-24H,1H3;1-5,7-8H;/q2*-1;. The first-order valence-corrected chi connectivity index (χ1v) is 16.8. The van der Waals surface area contributed by atoms with Gasteiger partial charge in [-0.05, 0) is 17.2 Å². The van der Waals surface area contributed by atoms with Crippen LogP contribution in [0.4, 0.5) is 11.4 Å². The average Bonchev–Trinajstić information content (AvgIpc) is 3.59. The van der Waals surface area contributed by atoms with Gasteiger partial charge in [0.1, 0.15) is 0 Å². The largest absolute Gasteiger partial charge is 0.341 e. The number of hydrogen-bond acceptors (Lipinski definition) is 2. The van der Waals surface area contributed by atoms with E-state index in [0.717, 1.165) is 61.8 Å². The third-order valence-corrected chi connectivity index (χ3v) is 8.70. The Labute approximate surface area is 318 Å². The fourth-order valence-electron chi connectivity index (χ4n) is 6.38. The quantitative estimate of drug-likeness (QED) is 0.128. The molecule has 253 valence electrons. The van der Waals surface area contributed by atoms with E-state index >= 15 is 0 Å². The maximum absolute atomic E-state index is 3.88. The summed E-state index contributed by atoms with van der Waals surface area (Å²) in [6.45, 7) is 0. The van der Waals surface area contributed by atoms with Crippen LogP contribution in [0.5, 0.6) is 0 Å². The van der Waals surface area contributed by atoms with E-state index < -0.39 is 0 Å². The molecule has 1 aliphatic rings. The van der Waals surface area contributed by atoms with Crippen molar-refractivity contribution in [2.75, 3.05) is 4.90 Å². The van der Waals surface area contributed by atoms with Crippen molar-refractivity contribution in [3.05, 3.63) is 213 Å². The molecular weight excluding hydrogens is 815 g/mol. The normalized spacial score (nSPS) is 11.5. The van der Waals surface area contributed by atoms with E-state index in [4.69, 9.17) is 0 Å². The van der Waals surface area contributed by atoms with Gasteiger partial charge in [0.15, 0.2) is 0 Å². The number of aromatic nitrogens is 4. The van der Waals surface area contributed by atoms with Crippen LogP contribution in [0.2, 0.25) is 0 Å². The molecule has 0 spiro atoms. The third-order valence-electron chi connectivity index (χ3n) is 8.70. The van der Waals surface area contributed by atoms with Gasteiger partial charge in [-0.25, -0.2) is 0 Å². The summed E-state index contributed by atoms with van der Waals surface area (Å²) in [5.41, 5.74) is 11.1. The first-order valence-electron chi connectivity index (χ1n) is 16.8. The smallest absolute Gasteiger partial charge is 0.286 e. The van der Waals surface area contributed by atoms with Gasteiger partial charge < -0.3 is 18.6 Å². The molecule has 0 saturated heterocycles. The van der Waals surface area contributed by atoms with Crippen LogP contribution in [0, 0.1) is 24.8 Å². The molecule has 1 aliphatic heterocycles. The van der Waals surface area contributed by atoms with E-state index in [0.29, 0.717) is 0 Å². The maximum Gasteiger partial charge on any atom is 0.286 e. The average molecular weight is 848 g/mol. The zero-order chi connectivity index (χ0) is 34.4. The molecule has 0 atom stereocenters. The van der Waals surface area contributed by atoms with E-state index in [1.54, 1.807) is 10.8 Å². The first-order chi connectivity index (χ1) is 25.2. The van der Waals surface area contributed by atoms with Crippen molar-refractivity contribution in [2.24, 2.45) is 7.05 Å². The topological polar surface area (TPSA) is 28.8 Å². The van der Waals surface area contributed by atoms with Gasteiger partial charge in [-0.3, -0.25) is 0 Å². The van der Waals surface area contributed by atoms with Gasteiger partial charge in [0.2, 0.25) is 6.33 Å². The fraction of sp³-hybridized carbons (Fsp3) is 0.0217. The SMILES string of the molecule is C[n+]1[c-]n(C2=[C-]c3ccccc3-c3ccccc3N2c2c(-c3ccccc3)cccc2-c2ccccc2)cc1.[Ir].[c-]1ccccc1-[n+]1[c-]nccc1. The summed E-state index contributed by atoms with van der Waals surface area (Å²) in [6, 6.07) is 57.6. The van der Waals surface area contributed by atoms with E-state index in [2.05, 4.69) is 162 Å². The molecule has 2 aromatic heterocycles. The second kappa shape index (κ2) is 15.8. The number of hydrogen-bond donors (Lipinski definition) is 0. The Morgan fingerprint density at radius 3 is 1.87 bits per heavy atom. The van der Waals surface area contributed by atoms with Crippen LogP contribution in [0.1, 0.15) is 5.56 Å². The molecule has 1 radical (unpaired) electrons. The molecule has 9 rings (SSSR count). The van der Waals surface area contributed by atoms with Gasteiger partial charge in [-0.15, -0.1) is 22.7 Å². The minimum atomic E-state index is 0. The van der Waals surface area contributed by atoms with Crippen molar-refractivity contribution >= 4 is 17.2 Å². The van der Waals surface area contributed by atoms with E-state index in [9.17, 15) is 0 Å². The molecule has 6 aromatic carbocycles. The number of benzene rings is 6.